The Morgan fingerprint density at radius 2 is 1.96 bits per heavy atom. The molecule has 4 nitrogen and oxygen atoms in total. The molecule has 0 aliphatic rings. The zero-order valence-electron chi connectivity index (χ0n) is 13.1. The molecule has 0 amide bonds. The monoisotopic (exact) mass is 323 g/mol. The molecule has 1 aromatic heterocycles. The number of nitriles is 1. The van der Waals surface area contributed by atoms with Crippen molar-refractivity contribution in [1.29, 1.82) is 5.26 Å². The second kappa shape index (κ2) is 6.76. The molecule has 3 aromatic rings. The van der Waals surface area contributed by atoms with E-state index in [1.807, 2.05) is 62.4 Å². The van der Waals surface area contributed by atoms with Crippen LogP contribution in [0.3, 0.4) is 0 Å². The first-order chi connectivity index (χ1) is 11.2. The first kappa shape index (κ1) is 15.4. The smallest absolute Gasteiger partial charge is 0.174 e. The van der Waals surface area contributed by atoms with Crippen LogP contribution in [0.2, 0.25) is 0 Å². The van der Waals surface area contributed by atoms with Crippen molar-refractivity contribution in [2.75, 3.05) is 6.61 Å². The Hall–Kier alpha value is -2.45. The van der Waals surface area contributed by atoms with Crippen LogP contribution in [0.15, 0.2) is 53.7 Å². The van der Waals surface area contributed by atoms with Gasteiger partial charge in [-0.3, -0.25) is 4.57 Å². The van der Waals surface area contributed by atoms with Gasteiger partial charge in [-0.05, 0) is 50.2 Å². The molecular weight excluding hydrogens is 306 g/mol. The number of fused-ring (bicyclic) bond motifs is 1. The van der Waals surface area contributed by atoms with E-state index >= 15 is 0 Å². The largest absolute Gasteiger partial charge is 0.494 e. The number of thioether (sulfide) groups is 1. The van der Waals surface area contributed by atoms with Gasteiger partial charge in [0.2, 0.25) is 0 Å². The first-order valence-electron chi connectivity index (χ1n) is 7.50. The molecule has 0 saturated heterocycles. The Bertz CT molecular complexity index is 849. The molecule has 0 N–H and O–H groups in total. The lowest BCUT2D eigenvalue weighted by atomic mass is 10.2. The molecule has 0 radical (unpaired) electrons. The third-order valence-electron chi connectivity index (χ3n) is 3.40. The predicted molar refractivity (Wildman–Crippen MR) is 93.2 cm³/mol. The lowest BCUT2D eigenvalue weighted by molar-refractivity contribution is 0.340. The number of hydrogen-bond donors (Lipinski definition) is 0. The van der Waals surface area contributed by atoms with Crippen molar-refractivity contribution in [3.8, 4) is 17.5 Å². The summed E-state index contributed by atoms with van der Waals surface area (Å²) >= 11 is 1.46. The van der Waals surface area contributed by atoms with Crippen LogP contribution >= 0.6 is 11.8 Å². The molecule has 0 bridgehead atoms. The van der Waals surface area contributed by atoms with Gasteiger partial charge in [0.25, 0.3) is 0 Å². The third-order valence-corrected chi connectivity index (χ3v) is 4.34. The van der Waals surface area contributed by atoms with Gasteiger partial charge in [0.1, 0.15) is 5.75 Å². The number of rotatable bonds is 5. The second-order valence-electron chi connectivity index (χ2n) is 5.03. The highest BCUT2D eigenvalue weighted by Crippen LogP contribution is 2.30. The molecule has 0 saturated carbocycles. The minimum atomic E-state index is -0.159. The van der Waals surface area contributed by atoms with E-state index < -0.39 is 0 Å². The number of imidazole rings is 1. The van der Waals surface area contributed by atoms with Crippen molar-refractivity contribution in [3.05, 3.63) is 48.5 Å². The van der Waals surface area contributed by atoms with Crippen LogP contribution in [0.4, 0.5) is 0 Å². The molecule has 23 heavy (non-hydrogen) atoms. The number of hydrogen-bond acceptors (Lipinski definition) is 4. The first-order valence-corrected chi connectivity index (χ1v) is 8.38. The van der Waals surface area contributed by atoms with E-state index in [1.54, 1.807) is 0 Å². The van der Waals surface area contributed by atoms with Crippen molar-refractivity contribution in [2.24, 2.45) is 0 Å². The third kappa shape index (κ3) is 3.17. The number of aromatic nitrogens is 2. The highest BCUT2D eigenvalue weighted by molar-refractivity contribution is 8.00. The van der Waals surface area contributed by atoms with Crippen LogP contribution in [-0.2, 0) is 0 Å². The maximum absolute atomic E-state index is 9.10. The number of benzene rings is 2. The highest BCUT2D eigenvalue weighted by atomic mass is 32.2. The summed E-state index contributed by atoms with van der Waals surface area (Å²) in [5.74, 6) is 0.847. The van der Waals surface area contributed by atoms with E-state index in [0.717, 1.165) is 27.6 Å². The Morgan fingerprint density at radius 1 is 1.22 bits per heavy atom. The molecule has 1 atom stereocenters. The summed E-state index contributed by atoms with van der Waals surface area (Å²) in [6.07, 6.45) is 0. The van der Waals surface area contributed by atoms with Gasteiger partial charge in [0, 0.05) is 5.69 Å². The highest BCUT2D eigenvalue weighted by Gasteiger charge is 2.15. The van der Waals surface area contributed by atoms with E-state index in [0.29, 0.717) is 6.61 Å². The molecule has 3 rings (SSSR count). The summed E-state index contributed by atoms with van der Waals surface area (Å²) in [6, 6.07) is 18.2. The van der Waals surface area contributed by atoms with Crippen molar-refractivity contribution < 1.29 is 4.74 Å². The van der Waals surface area contributed by atoms with Gasteiger partial charge >= 0.3 is 0 Å². The number of para-hydroxylation sites is 2. The second-order valence-corrected chi connectivity index (χ2v) is 6.34. The molecule has 0 aliphatic heterocycles. The fraction of sp³-hybridized carbons (Fsp3) is 0.222. The van der Waals surface area contributed by atoms with Gasteiger partial charge < -0.3 is 4.74 Å². The van der Waals surface area contributed by atoms with E-state index in [-0.39, 0.29) is 5.25 Å². The summed E-state index contributed by atoms with van der Waals surface area (Å²) < 4.78 is 7.59. The standard InChI is InChI=1S/C18H17N3OS/c1-3-22-15-10-8-14(9-11-15)21-17-7-5-4-6-16(17)20-18(21)23-13(2)12-19/h4-11,13H,3H2,1-2H3/t13-/m0/s1. The zero-order chi connectivity index (χ0) is 16.2. The van der Waals surface area contributed by atoms with Gasteiger partial charge in [0.05, 0.1) is 29.0 Å². The molecule has 5 heteroatoms. The van der Waals surface area contributed by atoms with Crippen molar-refractivity contribution in [3.63, 3.8) is 0 Å². The fourth-order valence-corrected chi connectivity index (χ4v) is 3.20. The van der Waals surface area contributed by atoms with Crippen LogP contribution < -0.4 is 4.74 Å². The summed E-state index contributed by atoms with van der Waals surface area (Å²) in [4.78, 5) is 4.68. The van der Waals surface area contributed by atoms with Crippen LogP contribution in [-0.4, -0.2) is 21.4 Å². The zero-order valence-corrected chi connectivity index (χ0v) is 13.9. The molecule has 0 aliphatic carbocycles. The van der Waals surface area contributed by atoms with Crippen molar-refractivity contribution >= 4 is 22.8 Å². The van der Waals surface area contributed by atoms with Crippen LogP contribution in [0.25, 0.3) is 16.7 Å². The summed E-state index contributed by atoms with van der Waals surface area (Å²) in [5, 5.41) is 9.77. The van der Waals surface area contributed by atoms with E-state index in [2.05, 4.69) is 15.6 Å². The molecular formula is C18H17N3OS. The SMILES string of the molecule is CCOc1ccc(-n2c(S[C@@H](C)C#N)nc3ccccc32)cc1. The fourth-order valence-electron chi connectivity index (χ4n) is 2.38. The average molecular weight is 323 g/mol. The lowest BCUT2D eigenvalue weighted by Gasteiger charge is -2.10. The molecule has 0 fully saturated rings. The number of ether oxygens (including phenoxy) is 1. The molecule has 116 valence electrons. The Kier molecular flexibility index (Phi) is 4.54. The van der Waals surface area contributed by atoms with Crippen molar-refractivity contribution in [2.45, 2.75) is 24.3 Å². The summed E-state index contributed by atoms with van der Waals surface area (Å²) in [7, 11) is 0. The summed E-state index contributed by atoms with van der Waals surface area (Å²) in [5.41, 5.74) is 2.97. The van der Waals surface area contributed by atoms with Gasteiger partial charge in [0.15, 0.2) is 5.16 Å². The molecule has 0 unspecified atom stereocenters. The van der Waals surface area contributed by atoms with E-state index in [9.17, 15) is 0 Å². The van der Waals surface area contributed by atoms with Crippen LogP contribution in [0.5, 0.6) is 5.75 Å². The Balaban J connectivity index is 2.10. The van der Waals surface area contributed by atoms with Crippen LogP contribution in [0, 0.1) is 11.3 Å². The average Bonchev–Trinajstić information content (AvgIpc) is 2.93. The summed E-state index contributed by atoms with van der Waals surface area (Å²) in [6.45, 7) is 4.50. The quantitative estimate of drug-likeness (QED) is 0.652. The Labute approximate surface area is 139 Å². The minimum absolute atomic E-state index is 0.159. The minimum Gasteiger partial charge on any atom is -0.494 e. The van der Waals surface area contributed by atoms with Gasteiger partial charge in [-0.2, -0.15) is 5.26 Å². The van der Waals surface area contributed by atoms with E-state index in [1.165, 1.54) is 11.8 Å². The lowest BCUT2D eigenvalue weighted by Crippen LogP contribution is -2.00. The molecule has 0 spiro atoms. The van der Waals surface area contributed by atoms with Crippen LogP contribution in [0.1, 0.15) is 13.8 Å². The normalized spacial score (nSPS) is 12.0. The van der Waals surface area contributed by atoms with Crippen molar-refractivity contribution in [1.82, 2.24) is 9.55 Å². The maximum Gasteiger partial charge on any atom is 0.174 e. The molecule has 1 heterocycles. The topological polar surface area (TPSA) is 50.8 Å². The Morgan fingerprint density at radius 3 is 2.65 bits per heavy atom. The number of nitrogens with zero attached hydrogens (tertiary/aromatic N) is 3. The van der Waals surface area contributed by atoms with E-state index in [4.69, 9.17) is 10.00 Å². The van der Waals surface area contributed by atoms with Gasteiger partial charge in [-0.15, -0.1) is 0 Å². The van der Waals surface area contributed by atoms with Gasteiger partial charge in [-0.25, -0.2) is 4.98 Å². The van der Waals surface area contributed by atoms with Gasteiger partial charge in [-0.1, -0.05) is 23.9 Å². The maximum atomic E-state index is 9.10. The predicted octanol–water partition coefficient (Wildman–Crippen LogP) is 4.43. The molecule has 2 aromatic carbocycles.